The molecule has 1 atom stereocenters. The van der Waals surface area contributed by atoms with Gasteiger partial charge in [0.15, 0.2) is 5.78 Å². The van der Waals surface area contributed by atoms with Gasteiger partial charge in [-0.3, -0.25) is 4.79 Å². The lowest BCUT2D eigenvalue weighted by molar-refractivity contribution is 0.0847. The first-order chi connectivity index (χ1) is 12.2. The fourth-order valence-electron chi connectivity index (χ4n) is 2.88. The monoisotopic (exact) mass is 442 g/mol. The number of carbonyl (C=O) groups excluding carboxylic acids is 1. The van der Waals surface area contributed by atoms with E-state index in [4.69, 9.17) is 9.47 Å². The van der Waals surface area contributed by atoms with Crippen LogP contribution >= 0.6 is 22.6 Å². The molecule has 1 heterocycles. The van der Waals surface area contributed by atoms with Crippen LogP contribution in [0.4, 0.5) is 0 Å². The molecular formula is C21H15IO3. The largest absolute Gasteiger partial charge is 0.483 e. The summed E-state index contributed by atoms with van der Waals surface area (Å²) in [6.45, 7) is 0. The summed E-state index contributed by atoms with van der Waals surface area (Å²) in [5.41, 5.74) is 1.63. The molecule has 3 nitrogen and oxygen atoms in total. The second-order valence-electron chi connectivity index (χ2n) is 5.81. The lowest BCUT2D eigenvalue weighted by atomic mass is 9.96. The van der Waals surface area contributed by atoms with Crippen LogP contribution < -0.4 is 9.47 Å². The van der Waals surface area contributed by atoms with Crippen molar-refractivity contribution < 1.29 is 14.3 Å². The van der Waals surface area contributed by atoms with Crippen molar-refractivity contribution in [3.8, 4) is 17.2 Å². The number of fused-ring (bicyclic) bond motifs is 1. The normalized spacial score (nSPS) is 16.0. The van der Waals surface area contributed by atoms with E-state index in [0.29, 0.717) is 23.5 Å². The number of para-hydroxylation sites is 1. The zero-order valence-corrected chi connectivity index (χ0v) is 15.5. The minimum absolute atomic E-state index is 0.0966. The standard InChI is InChI=1S/C21H15IO3/c22-20-18(24-15-9-5-2-6-10-15)12-11-16-17(23)13-19(25-21(16)20)14-7-3-1-4-8-14/h1-12,19H,13H2. The molecule has 0 aliphatic carbocycles. The molecule has 3 aromatic rings. The van der Waals surface area contributed by atoms with Crippen LogP contribution in [0, 0.1) is 3.57 Å². The Kier molecular flexibility index (Phi) is 4.44. The van der Waals surface area contributed by atoms with Crippen molar-refractivity contribution in [1.82, 2.24) is 0 Å². The molecule has 0 fully saturated rings. The number of hydrogen-bond donors (Lipinski definition) is 0. The van der Waals surface area contributed by atoms with E-state index in [2.05, 4.69) is 22.6 Å². The summed E-state index contributed by atoms with van der Waals surface area (Å²) in [4.78, 5) is 12.6. The van der Waals surface area contributed by atoms with Gasteiger partial charge < -0.3 is 9.47 Å². The van der Waals surface area contributed by atoms with Crippen LogP contribution in [0.2, 0.25) is 0 Å². The summed E-state index contributed by atoms with van der Waals surface area (Å²) in [6.07, 6.45) is 0.0908. The molecule has 4 heteroatoms. The van der Waals surface area contributed by atoms with Gasteiger partial charge in [-0.1, -0.05) is 48.5 Å². The van der Waals surface area contributed by atoms with Gasteiger partial charge in [-0.2, -0.15) is 0 Å². The number of halogens is 1. The number of Topliss-reactive ketones (excluding diaryl/α,β-unsaturated/α-hetero) is 1. The van der Waals surface area contributed by atoms with Gasteiger partial charge in [-0.25, -0.2) is 0 Å². The molecule has 0 amide bonds. The van der Waals surface area contributed by atoms with E-state index >= 15 is 0 Å². The van der Waals surface area contributed by atoms with Crippen LogP contribution in [0.5, 0.6) is 17.2 Å². The maximum atomic E-state index is 12.6. The van der Waals surface area contributed by atoms with Crippen molar-refractivity contribution in [2.75, 3.05) is 0 Å². The van der Waals surface area contributed by atoms with E-state index in [1.54, 1.807) is 6.07 Å². The molecule has 124 valence electrons. The molecule has 0 aromatic heterocycles. The Balaban J connectivity index is 1.69. The summed E-state index contributed by atoms with van der Waals surface area (Å²) in [7, 11) is 0. The number of ether oxygens (including phenoxy) is 2. The number of benzene rings is 3. The molecule has 0 saturated carbocycles. The minimum atomic E-state index is -0.262. The van der Waals surface area contributed by atoms with Crippen LogP contribution in [0.15, 0.2) is 72.8 Å². The molecule has 0 saturated heterocycles. The minimum Gasteiger partial charge on any atom is -0.483 e. The van der Waals surface area contributed by atoms with E-state index in [-0.39, 0.29) is 11.9 Å². The van der Waals surface area contributed by atoms with Gasteiger partial charge in [0.25, 0.3) is 0 Å². The molecule has 1 aliphatic rings. The third kappa shape index (κ3) is 3.26. The predicted octanol–water partition coefficient (Wildman–Crippen LogP) is 5.79. The van der Waals surface area contributed by atoms with Gasteiger partial charge in [0, 0.05) is 0 Å². The van der Waals surface area contributed by atoms with E-state index in [0.717, 1.165) is 14.9 Å². The Morgan fingerprint density at radius 1 is 0.920 bits per heavy atom. The fourth-order valence-corrected chi connectivity index (χ4v) is 3.59. The van der Waals surface area contributed by atoms with Gasteiger partial charge in [0.2, 0.25) is 0 Å². The summed E-state index contributed by atoms with van der Waals surface area (Å²) >= 11 is 2.19. The van der Waals surface area contributed by atoms with Gasteiger partial charge in [-0.15, -0.1) is 0 Å². The third-order valence-corrected chi connectivity index (χ3v) is 5.16. The van der Waals surface area contributed by atoms with Crippen LogP contribution in [0.25, 0.3) is 0 Å². The lowest BCUT2D eigenvalue weighted by Gasteiger charge is -2.27. The molecule has 0 radical (unpaired) electrons. The highest BCUT2D eigenvalue weighted by atomic mass is 127. The Morgan fingerprint density at radius 2 is 1.60 bits per heavy atom. The van der Waals surface area contributed by atoms with Crippen LogP contribution in [0.1, 0.15) is 28.4 Å². The van der Waals surface area contributed by atoms with Crippen LogP contribution in [-0.4, -0.2) is 5.78 Å². The lowest BCUT2D eigenvalue weighted by Crippen LogP contribution is -2.21. The van der Waals surface area contributed by atoms with E-state index < -0.39 is 0 Å². The predicted molar refractivity (Wildman–Crippen MR) is 104 cm³/mol. The van der Waals surface area contributed by atoms with Gasteiger partial charge in [-0.05, 0) is 52.4 Å². The summed E-state index contributed by atoms with van der Waals surface area (Å²) < 4.78 is 13.0. The maximum Gasteiger partial charge on any atom is 0.170 e. The van der Waals surface area contributed by atoms with Gasteiger partial charge >= 0.3 is 0 Å². The first-order valence-corrected chi connectivity index (χ1v) is 9.10. The van der Waals surface area contributed by atoms with Crippen LogP contribution in [-0.2, 0) is 0 Å². The summed E-state index contributed by atoms with van der Waals surface area (Å²) in [6, 6.07) is 23.0. The number of rotatable bonds is 3. The highest BCUT2D eigenvalue weighted by Gasteiger charge is 2.30. The molecule has 1 unspecified atom stereocenters. The Morgan fingerprint density at radius 3 is 2.32 bits per heavy atom. The van der Waals surface area contributed by atoms with E-state index in [9.17, 15) is 4.79 Å². The molecular weight excluding hydrogens is 427 g/mol. The highest BCUT2D eigenvalue weighted by Crippen LogP contribution is 2.42. The molecule has 0 bridgehead atoms. The van der Waals surface area contributed by atoms with Crippen molar-refractivity contribution >= 4 is 28.4 Å². The first kappa shape index (κ1) is 16.1. The second kappa shape index (κ2) is 6.88. The summed E-state index contributed by atoms with van der Waals surface area (Å²) in [5, 5.41) is 0. The molecule has 1 aliphatic heterocycles. The first-order valence-electron chi connectivity index (χ1n) is 8.02. The third-order valence-electron chi connectivity index (χ3n) is 4.14. The van der Waals surface area contributed by atoms with E-state index in [1.807, 2.05) is 66.7 Å². The number of ketones is 1. The average molecular weight is 442 g/mol. The Bertz CT molecular complexity index is 907. The highest BCUT2D eigenvalue weighted by molar-refractivity contribution is 14.1. The second-order valence-corrected chi connectivity index (χ2v) is 6.89. The SMILES string of the molecule is O=C1CC(c2ccccc2)Oc2c1ccc(Oc1ccccc1)c2I. The molecule has 0 spiro atoms. The topological polar surface area (TPSA) is 35.5 Å². The molecule has 0 N–H and O–H groups in total. The van der Waals surface area contributed by atoms with Crippen molar-refractivity contribution in [3.05, 3.63) is 87.5 Å². The van der Waals surface area contributed by atoms with Gasteiger partial charge in [0.1, 0.15) is 23.4 Å². The average Bonchev–Trinajstić information content (AvgIpc) is 2.66. The summed E-state index contributed by atoms with van der Waals surface area (Å²) in [5.74, 6) is 2.15. The van der Waals surface area contributed by atoms with Crippen molar-refractivity contribution in [2.24, 2.45) is 0 Å². The molecule has 25 heavy (non-hydrogen) atoms. The van der Waals surface area contributed by atoms with Crippen molar-refractivity contribution in [2.45, 2.75) is 12.5 Å². The van der Waals surface area contributed by atoms with Crippen molar-refractivity contribution in [1.29, 1.82) is 0 Å². The van der Waals surface area contributed by atoms with Gasteiger partial charge in [0.05, 0.1) is 15.6 Å². The van der Waals surface area contributed by atoms with Crippen LogP contribution in [0.3, 0.4) is 0 Å². The van der Waals surface area contributed by atoms with E-state index in [1.165, 1.54) is 0 Å². The smallest absolute Gasteiger partial charge is 0.170 e. The molecule has 4 rings (SSSR count). The fraction of sp³-hybridized carbons (Fsp3) is 0.0952. The quantitative estimate of drug-likeness (QED) is 0.482. The zero-order valence-electron chi connectivity index (χ0n) is 13.3. The maximum absolute atomic E-state index is 12.6. The number of carbonyl (C=O) groups is 1. The number of hydrogen-bond acceptors (Lipinski definition) is 3. The zero-order chi connectivity index (χ0) is 17.2. The molecule has 3 aromatic carbocycles. The Labute approximate surface area is 159 Å². The Hall–Kier alpha value is -2.34. The van der Waals surface area contributed by atoms with Crippen molar-refractivity contribution in [3.63, 3.8) is 0 Å².